The highest BCUT2D eigenvalue weighted by molar-refractivity contribution is 5.32. The van der Waals surface area contributed by atoms with Crippen LogP contribution < -0.4 is 5.32 Å². The lowest BCUT2D eigenvalue weighted by atomic mass is 9.97. The second kappa shape index (κ2) is 7.89. The summed E-state index contributed by atoms with van der Waals surface area (Å²) < 4.78 is 0. The maximum Gasteiger partial charge on any atom is 0.269 e. The Bertz CT molecular complexity index is 388. The van der Waals surface area contributed by atoms with Gasteiger partial charge in [-0.3, -0.25) is 10.1 Å². The second-order valence-electron chi connectivity index (χ2n) is 5.35. The summed E-state index contributed by atoms with van der Waals surface area (Å²) in [6.07, 6.45) is 3.20. The third-order valence-electron chi connectivity index (χ3n) is 3.18. The van der Waals surface area contributed by atoms with Crippen molar-refractivity contribution >= 4 is 5.69 Å². The Labute approximate surface area is 115 Å². The third kappa shape index (κ3) is 5.83. The summed E-state index contributed by atoms with van der Waals surface area (Å²) in [7, 11) is 0. The molecule has 106 valence electrons. The van der Waals surface area contributed by atoms with E-state index < -0.39 is 0 Å². The van der Waals surface area contributed by atoms with E-state index in [0.29, 0.717) is 12.0 Å². The van der Waals surface area contributed by atoms with E-state index in [-0.39, 0.29) is 10.6 Å². The summed E-state index contributed by atoms with van der Waals surface area (Å²) in [6.45, 7) is 7.57. The van der Waals surface area contributed by atoms with Crippen LogP contribution in [0.15, 0.2) is 24.3 Å². The van der Waals surface area contributed by atoms with Crippen LogP contribution in [0, 0.1) is 16.0 Å². The monoisotopic (exact) mass is 264 g/mol. The maximum absolute atomic E-state index is 10.6. The Balaban J connectivity index is 2.51. The molecule has 4 heteroatoms. The highest BCUT2D eigenvalue weighted by Crippen LogP contribution is 2.15. The average molecular weight is 264 g/mol. The zero-order valence-electron chi connectivity index (χ0n) is 12.1. The minimum Gasteiger partial charge on any atom is -0.314 e. The van der Waals surface area contributed by atoms with Gasteiger partial charge >= 0.3 is 0 Å². The lowest BCUT2D eigenvalue weighted by molar-refractivity contribution is -0.384. The van der Waals surface area contributed by atoms with Gasteiger partial charge in [0.05, 0.1) is 4.92 Å². The Morgan fingerprint density at radius 3 is 2.37 bits per heavy atom. The van der Waals surface area contributed by atoms with Crippen LogP contribution in [0.4, 0.5) is 5.69 Å². The molecule has 4 nitrogen and oxygen atoms in total. The highest BCUT2D eigenvalue weighted by Gasteiger charge is 2.10. The van der Waals surface area contributed by atoms with E-state index in [1.807, 2.05) is 12.1 Å². The van der Waals surface area contributed by atoms with E-state index in [4.69, 9.17) is 0 Å². The van der Waals surface area contributed by atoms with Gasteiger partial charge in [0.25, 0.3) is 5.69 Å². The normalized spacial score (nSPS) is 12.6. The van der Waals surface area contributed by atoms with Crippen molar-refractivity contribution in [3.8, 4) is 0 Å². The summed E-state index contributed by atoms with van der Waals surface area (Å²) in [5, 5.41) is 14.1. The standard InChI is InChI=1S/C15H24N2O2/c1-4-16-14(11-12(2)3)8-5-13-6-9-15(10-7-13)17(18)19/h6-7,9-10,12,14,16H,4-5,8,11H2,1-3H3. The molecule has 0 saturated heterocycles. The molecule has 0 radical (unpaired) electrons. The fourth-order valence-electron chi connectivity index (χ4n) is 2.29. The molecule has 19 heavy (non-hydrogen) atoms. The molecule has 0 aliphatic carbocycles. The number of aryl methyl sites for hydroxylation is 1. The van der Waals surface area contributed by atoms with Gasteiger partial charge in [0, 0.05) is 18.2 Å². The van der Waals surface area contributed by atoms with Crippen molar-refractivity contribution < 1.29 is 4.92 Å². The van der Waals surface area contributed by atoms with Gasteiger partial charge in [-0.15, -0.1) is 0 Å². The summed E-state index contributed by atoms with van der Waals surface area (Å²) in [5.74, 6) is 0.681. The molecule has 0 aliphatic rings. The molecule has 1 atom stereocenters. The smallest absolute Gasteiger partial charge is 0.269 e. The number of hydrogen-bond acceptors (Lipinski definition) is 3. The number of nitrogens with zero attached hydrogens (tertiary/aromatic N) is 1. The van der Waals surface area contributed by atoms with Crippen LogP contribution in [0.1, 0.15) is 39.2 Å². The SMILES string of the molecule is CCNC(CCc1ccc([N+](=O)[O-])cc1)CC(C)C. The van der Waals surface area contributed by atoms with E-state index in [2.05, 4.69) is 26.1 Å². The van der Waals surface area contributed by atoms with Crippen LogP contribution in [-0.2, 0) is 6.42 Å². The first-order valence-corrected chi connectivity index (χ1v) is 6.99. The maximum atomic E-state index is 10.6. The van der Waals surface area contributed by atoms with Crippen molar-refractivity contribution in [2.24, 2.45) is 5.92 Å². The predicted molar refractivity (Wildman–Crippen MR) is 78.3 cm³/mol. The van der Waals surface area contributed by atoms with Crippen LogP contribution in [0.3, 0.4) is 0 Å². The van der Waals surface area contributed by atoms with Crippen molar-refractivity contribution in [3.63, 3.8) is 0 Å². The molecular weight excluding hydrogens is 240 g/mol. The number of rotatable bonds is 8. The minimum absolute atomic E-state index is 0.161. The van der Waals surface area contributed by atoms with Crippen molar-refractivity contribution in [1.82, 2.24) is 5.32 Å². The first-order valence-electron chi connectivity index (χ1n) is 6.99. The van der Waals surface area contributed by atoms with Crippen LogP contribution in [-0.4, -0.2) is 17.5 Å². The lowest BCUT2D eigenvalue weighted by Gasteiger charge is -2.19. The molecule has 0 amide bonds. The molecule has 1 rings (SSSR count). The fraction of sp³-hybridized carbons (Fsp3) is 0.600. The van der Waals surface area contributed by atoms with Gasteiger partial charge in [-0.2, -0.15) is 0 Å². The van der Waals surface area contributed by atoms with E-state index >= 15 is 0 Å². The number of non-ortho nitro benzene ring substituents is 1. The van der Waals surface area contributed by atoms with E-state index in [0.717, 1.165) is 24.9 Å². The highest BCUT2D eigenvalue weighted by atomic mass is 16.6. The van der Waals surface area contributed by atoms with Crippen LogP contribution >= 0.6 is 0 Å². The van der Waals surface area contributed by atoms with Crippen molar-refractivity contribution in [3.05, 3.63) is 39.9 Å². The molecule has 0 spiro atoms. The zero-order valence-corrected chi connectivity index (χ0v) is 12.1. The van der Waals surface area contributed by atoms with Gasteiger partial charge < -0.3 is 5.32 Å². The molecule has 1 aromatic carbocycles. The molecular formula is C15H24N2O2. The molecule has 1 unspecified atom stereocenters. The van der Waals surface area contributed by atoms with Gasteiger partial charge in [0.1, 0.15) is 0 Å². The first-order chi connectivity index (χ1) is 9.02. The average Bonchev–Trinajstić information content (AvgIpc) is 2.36. The second-order valence-corrected chi connectivity index (χ2v) is 5.35. The van der Waals surface area contributed by atoms with Crippen molar-refractivity contribution in [1.29, 1.82) is 0 Å². The molecule has 0 saturated carbocycles. The fourth-order valence-corrected chi connectivity index (χ4v) is 2.29. The summed E-state index contributed by atoms with van der Waals surface area (Å²) in [5.41, 5.74) is 1.33. The molecule has 0 bridgehead atoms. The van der Waals surface area contributed by atoms with Gasteiger partial charge in [-0.25, -0.2) is 0 Å². The lowest BCUT2D eigenvalue weighted by Crippen LogP contribution is -2.30. The summed E-state index contributed by atoms with van der Waals surface area (Å²) >= 11 is 0. The minimum atomic E-state index is -0.357. The third-order valence-corrected chi connectivity index (χ3v) is 3.18. The number of benzene rings is 1. The number of hydrogen-bond donors (Lipinski definition) is 1. The molecule has 0 aliphatic heterocycles. The van der Waals surface area contributed by atoms with Gasteiger partial charge in [0.2, 0.25) is 0 Å². The molecule has 0 fully saturated rings. The molecule has 1 aromatic rings. The van der Waals surface area contributed by atoms with Gasteiger partial charge in [0.15, 0.2) is 0 Å². The Morgan fingerprint density at radius 2 is 1.89 bits per heavy atom. The Hall–Kier alpha value is -1.42. The van der Waals surface area contributed by atoms with Crippen molar-refractivity contribution in [2.45, 2.75) is 46.1 Å². The van der Waals surface area contributed by atoms with E-state index in [9.17, 15) is 10.1 Å². The van der Waals surface area contributed by atoms with Crippen molar-refractivity contribution in [2.75, 3.05) is 6.54 Å². The zero-order chi connectivity index (χ0) is 14.3. The Kier molecular flexibility index (Phi) is 6.50. The van der Waals surface area contributed by atoms with Crippen LogP contribution in [0.2, 0.25) is 0 Å². The topological polar surface area (TPSA) is 55.2 Å². The van der Waals surface area contributed by atoms with Crippen LogP contribution in [0.25, 0.3) is 0 Å². The molecule has 0 aromatic heterocycles. The number of nitro groups is 1. The molecule has 0 heterocycles. The van der Waals surface area contributed by atoms with Gasteiger partial charge in [-0.1, -0.05) is 32.9 Å². The van der Waals surface area contributed by atoms with E-state index in [1.165, 1.54) is 6.42 Å². The quantitative estimate of drug-likeness (QED) is 0.577. The summed E-state index contributed by atoms with van der Waals surface area (Å²) in [6, 6.07) is 7.41. The largest absolute Gasteiger partial charge is 0.314 e. The predicted octanol–water partition coefficient (Wildman–Crippen LogP) is 3.55. The Morgan fingerprint density at radius 1 is 1.26 bits per heavy atom. The summed E-state index contributed by atoms with van der Waals surface area (Å²) in [4.78, 5) is 10.2. The number of nitro benzene ring substituents is 1. The van der Waals surface area contributed by atoms with Crippen LogP contribution in [0.5, 0.6) is 0 Å². The number of nitrogens with one attached hydrogen (secondary N) is 1. The van der Waals surface area contributed by atoms with E-state index in [1.54, 1.807) is 12.1 Å². The first kappa shape index (κ1) is 15.6. The molecule has 1 N–H and O–H groups in total. The van der Waals surface area contributed by atoms with Gasteiger partial charge in [-0.05, 0) is 37.3 Å².